The molecule has 0 radical (unpaired) electrons. The van der Waals surface area contributed by atoms with E-state index in [-0.39, 0.29) is 30.0 Å². The van der Waals surface area contributed by atoms with Gasteiger partial charge in [-0.15, -0.1) is 0 Å². The number of amides is 1. The largest absolute Gasteiger partial charge is 0.489 e. The summed E-state index contributed by atoms with van der Waals surface area (Å²) in [4.78, 5) is 16.1. The fraction of sp³-hybridized carbons (Fsp3) is 0.759. The minimum atomic E-state index is -3.15. The highest BCUT2D eigenvalue weighted by Gasteiger charge is 2.56. The van der Waals surface area contributed by atoms with Crippen molar-refractivity contribution in [1.82, 2.24) is 14.9 Å². The molecule has 39 heavy (non-hydrogen) atoms. The molecule has 3 N–H and O–H groups in total. The van der Waals surface area contributed by atoms with Crippen LogP contribution in [0.4, 0.5) is 5.69 Å². The Bertz CT molecular complexity index is 1180. The summed E-state index contributed by atoms with van der Waals surface area (Å²) in [5.41, 5.74) is 0.556. The van der Waals surface area contributed by atoms with Gasteiger partial charge in [-0.1, -0.05) is 0 Å². The Hall–Kier alpha value is -1.88. The first-order valence-electron chi connectivity index (χ1n) is 14.9. The van der Waals surface area contributed by atoms with E-state index >= 15 is 0 Å². The number of benzene rings is 1. The molecule has 7 unspecified atom stereocenters. The minimum Gasteiger partial charge on any atom is -0.489 e. The van der Waals surface area contributed by atoms with Gasteiger partial charge in [0.25, 0.3) is 0 Å². The summed E-state index contributed by atoms with van der Waals surface area (Å²) in [7, 11) is -3.15. The number of carbonyl (C=O) groups is 1. The predicted octanol–water partition coefficient (Wildman–Crippen LogP) is 1.71. The average molecular weight is 559 g/mol. The van der Waals surface area contributed by atoms with Crippen molar-refractivity contribution in [2.75, 3.05) is 37.3 Å². The normalized spacial score (nSPS) is 41.5. The number of nitrogens with one attached hydrogen (secondary N) is 2. The summed E-state index contributed by atoms with van der Waals surface area (Å²) >= 11 is 0. The maximum absolute atomic E-state index is 13.9. The fourth-order valence-corrected chi connectivity index (χ4v) is 9.97. The molecule has 214 valence electrons. The number of hydrogen-bond donors (Lipinski definition) is 3. The van der Waals surface area contributed by atoms with Gasteiger partial charge in [0, 0.05) is 56.4 Å². The number of hydrogen-bond acceptors (Lipinski definition) is 7. The van der Waals surface area contributed by atoms with Crippen molar-refractivity contribution in [3.05, 3.63) is 24.3 Å². The number of nitrogens with zero attached hydrogens (tertiary/aromatic N) is 2. The van der Waals surface area contributed by atoms with Crippen LogP contribution >= 0.6 is 0 Å². The highest BCUT2D eigenvalue weighted by molar-refractivity contribution is 7.88. The van der Waals surface area contributed by atoms with Crippen molar-refractivity contribution in [1.29, 1.82) is 0 Å². The number of aliphatic hydroxyl groups is 1. The smallest absolute Gasteiger partial charge is 0.228 e. The fourth-order valence-electron chi connectivity index (χ4n) is 9.14. The average Bonchev–Trinajstić information content (AvgIpc) is 3.26. The number of rotatable bonds is 6. The number of sulfonamides is 1. The summed E-state index contributed by atoms with van der Waals surface area (Å²) in [5.74, 6) is 2.06. The second-order valence-electron chi connectivity index (χ2n) is 13.3. The molecular formula is C29H42N4O5S. The van der Waals surface area contributed by atoms with Crippen LogP contribution in [0.2, 0.25) is 0 Å². The molecule has 0 aromatic heterocycles. The van der Waals surface area contributed by atoms with Gasteiger partial charge in [-0.05, 0) is 87.0 Å². The second-order valence-corrected chi connectivity index (χ2v) is 15.3. The van der Waals surface area contributed by atoms with Gasteiger partial charge in [0.15, 0.2) is 0 Å². The standard InChI is InChI=1S/C29H42N4O5S/c1-39(36,37)33-10-8-32(9-11-33)22-3-5-23(6-4-22)38-25-14-21-2-7-24(30-21)26(25)28(34)31-27-19-12-18-13-20(27)17-29(35,15-18)16-19/h3-6,18-21,24-27,30,35H,2,7-17H2,1H3,(H,31,34)/t18?,19-,20+,21?,24?,25?,26?,27?,29?. The molecule has 1 amide bonds. The van der Waals surface area contributed by atoms with Crippen LogP contribution in [0.25, 0.3) is 0 Å². The lowest BCUT2D eigenvalue weighted by Crippen LogP contribution is -2.64. The van der Waals surface area contributed by atoms with Crippen LogP contribution < -0.4 is 20.3 Å². The first-order chi connectivity index (χ1) is 18.6. The molecule has 3 saturated heterocycles. The molecule has 3 aliphatic heterocycles. The van der Waals surface area contributed by atoms with Crippen LogP contribution in [0.15, 0.2) is 24.3 Å². The summed E-state index contributed by atoms with van der Waals surface area (Å²) in [6.45, 7) is 2.31. The Morgan fingerprint density at radius 2 is 1.72 bits per heavy atom. The van der Waals surface area contributed by atoms with Crippen molar-refractivity contribution in [3.63, 3.8) is 0 Å². The molecule has 1 aromatic carbocycles. The van der Waals surface area contributed by atoms with Crippen LogP contribution in [0.3, 0.4) is 0 Å². The number of ether oxygens (including phenoxy) is 1. The molecule has 0 spiro atoms. The number of piperazine rings is 1. The van der Waals surface area contributed by atoms with Crippen LogP contribution in [-0.4, -0.2) is 86.0 Å². The third-order valence-electron chi connectivity index (χ3n) is 10.7. The zero-order chi connectivity index (χ0) is 26.9. The minimum absolute atomic E-state index is 0.114. The van der Waals surface area contributed by atoms with E-state index in [1.165, 1.54) is 10.6 Å². The lowest BCUT2D eigenvalue weighted by atomic mass is 9.52. The first-order valence-corrected chi connectivity index (χ1v) is 16.7. The third kappa shape index (κ3) is 4.96. The van der Waals surface area contributed by atoms with Crippen LogP contribution in [0.1, 0.15) is 51.4 Å². The Kier molecular flexibility index (Phi) is 6.41. The van der Waals surface area contributed by atoms with E-state index in [4.69, 9.17) is 4.74 Å². The van der Waals surface area contributed by atoms with Crippen molar-refractivity contribution in [3.8, 4) is 5.75 Å². The summed E-state index contributed by atoms with van der Waals surface area (Å²) in [6, 6.07) is 8.75. The second kappa shape index (κ2) is 9.60. The first kappa shape index (κ1) is 26.0. The van der Waals surface area contributed by atoms with Gasteiger partial charge in [-0.2, -0.15) is 4.31 Å². The topological polar surface area (TPSA) is 111 Å². The molecule has 7 aliphatic rings. The molecule has 3 heterocycles. The van der Waals surface area contributed by atoms with Crippen molar-refractivity contribution in [2.24, 2.45) is 23.7 Å². The maximum Gasteiger partial charge on any atom is 0.228 e. The van der Waals surface area contributed by atoms with Gasteiger partial charge >= 0.3 is 0 Å². The number of anilines is 1. The molecule has 7 fully saturated rings. The molecule has 6 bridgehead atoms. The molecule has 1 aromatic rings. The summed E-state index contributed by atoms with van der Waals surface area (Å²) in [5, 5.41) is 18.1. The lowest BCUT2D eigenvalue weighted by molar-refractivity contribution is -0.150. The Morgan fingerprint density at radius 3 is 2.36 bits per heavy atom. The Morgan fingerprint density at radius 1 is 1.03 bits per heavy atom. The molecule has 9 nitrogen and oxygen atoms in total. The van der Waals surface area contributed by atoms with Crippen LogP contribution in [-0.2, 0) is 14.8 Å². The van der Waals surface area contributed by atoms with Crippen LogP contribution in [0.5, 0.6) is 5.75 Å². The zero-order valence-corrected chi connectivity index (χ0v) is 23.6. The number of fused-ring (bicyclic) bond motifs is 2. The van der Waals surface area contributed by atoms with E-state index in [0.717, 1.165) is 62.8 Å². The Labute approximate surface area is 231 Å². The molecule has 9 atom stereocenters. The van der Waals surface area contributed by atoms with Gasteiger partial charge < -0.3 is 25.4 Å². The van der Waals surface area contributed by atoms with E-state index < -0.39 is 15.6 Å². The van der Waals surface area contributed by atoms with E-state index in [9.17, 15) is 18.3 Å². The molecular weight excluding hydrogens is 516 g/mol. The van der Waals surface area contributed by atoms with E-state index in [1.807, 2.05) is 24.3 Å². The summed E-state index contributed by atoms with van der Waals surface area (Å²) in [6.07, 6.45) is 8.87. The van der Waals surface area contributed by atoms with E-state index in [1.54, 1.807) is 0 Å². The highest BCUT2D eigenvalue weighted by Crippen LogP contribution is 2.55. The third-order valence-corrected chi connectivity index (χ3v) is 12.0. The van der Waals surface area contributed by atoms with E-state index in [0.29, 0.717) is 50.0 Å². The van der Waals surface area contributed by atoms with Crippen molar-refractivity contribution >= 4 is 21.6 Å². The SMILES string of the molecule is CS(=O)(=O)N1CCN(c2ccc(OC3CC4CCC(N4)C3C(=O)NC3[C@@H]4CC5C[C@H]3CC(O)(C5)C4)cc2)CC1. The van der Waals surface area contributed by atoms with Gasteiger partial charge in [0.1, 0.15) is 11.9 Å². The maximum atomic E-state index is 13.9. The van der Waals surface area contributed by atoms with Gasteiger partial charge in [-0.25, -0.2) is 8.42 Å². The van der Waals surface area contributed by atoms with Gasteiger partial charge in [0.2, 0.25) is 15.9 Å². The number of carbonyl (C=O) groups excluding carboxylic acids is 1. The highest BCUT2D eigenvalue weighted by atomic mass is 32.2. The molecule has 10 heteroatoms. The molecule has 4 saturated carbocycles. The van der Waals surface area contributed by atoms with Crippen molar-refractivity contribution in [2.45, 2.75) is 81.2 Å². The van der Waals surface area contributed by atoms with Gasteiger partial charge in [0.05, 0.1) is 17.8 Å². The van der Waals surface area contributed by atoms with Gasteiger partial charge in [-0.3, -0.25) is 4.79 Å². The van der Waals surface area contributed by atoms with E-state index in [2.05, 4.69) is 15.5 Å². The number of piperidine rings is 1. The summed E-state index contributed by atoms with van der Waals surface area (Å²) < 4.78 is 31.7. The van der Waals surface area contributed by atoms with Crippen molar-refractivity contribution < 1.29 is 23.1 Å². The Balaban J connectivity index is 1.02. The zero-order valence-electron chi connectivity index (χ0n) is 22.8. The molecule has 4 aliphatic carbocycles. The quantitative estimate of drug-likeness (QED) is 0.488. The van der Waals surface area contributed by atoms with Crippen LogP contribution in [0, 0.1) is 23.7 Å². The predicted molar refractivity (Wildman–Crippen MR) is 148 cm³/mol. The lowest BCUT2D eigenvalue weighted by Gasteiger charge is -2.58. The molecule has 8 rings (SSSR count). The monoisotopic (exact) mass is 558 g/mol.